The van der Waals surface area contributed by atoms with Crippen LogP contribution < -0.4 is 5.32 Å². The number of nitrogens with zero attached hydrogens (tertiary/aromatic N) is 2. The van der Waals surface area contributed by atoms with Crippen molar-refractivity contribution < 1.29 is 20.1 Å². The summed E-state index contributed by atoms with van der Waals surface area (Å²) in [7, 11) is 0. The number of hydrogen-bond donors (Lipinski definition) is 4. The molecule has 0 spiro atoms. The molecule has 7 nitrogen and oxygen atoms in total. The Morgan fingerprint density at radius 1 is 1.15 bits per heavy atom. The van der Waals surface area contributed by atoms with E-state index in [9.17, 15) is 20.1 Å². The number of nitrogens with one attached hydrogen (secondary N) is 1. The molecule has 0 aliphatic carbocycles. The van der Waals surface area contributed by atoms with Crippen molar-refractivity contribution in [2.24, 2.45) is 4.99 Å². The van der Waals surface area contributed by atoms with Gasteiger partial charge in [-0.25, -0.2) is 4.79 Å². The van der Waals surface area contributed by atoms with Crippen LogP contribution in [0.15, 0.2) is 47.5 Å². The highest BCUT2D eigenvalue weighted by atomic mass is 32.1. The molecule has 0 saturated carbocycles. The number of carbonyl (C=O) groups is 1. The molecule has 3 aromatic rings. The topological polar surface area (TPSA) is 115 Å². The summed E-state index contributed by atoms with van der Waals surface area (Å²) in [6.45, 7) is 0. The van der Waals surface area contributed by atoms with Crippen LogP contribution in [0.5, 0.6) is 11.6 Å². The van der Waals surface area contributed by atoms with Crippen molar-refractivity contribution in [2.45, 2.75) is 0 Å². The molecule has 1 aromatic heterocycles. The van der Waals surface area contributed by atoms with Gasteiger partial charge in [0.25, 0.3) is 0 Å². The summed E-state index contributed by atoms with van der Waals surface area (Å²) in [5.41, 5.74) is 2.85. The number of allylic oxidation sites excluding steroid dienone is 1. The molecule has 4 N–H and O–H groups in total. The minimum atomic E-state index is -1.18. The lowest BCUT2D eigenvalue weighted by Crippen LogP contribution is -2.02. The molecule has 0 radical (unpaired) electrons. The first kappa shape index (κ1) is 16.8. The largest absolute Gasteiger partial charge is 0.508 e. The maximum atomic E-state index is 11.3. The molecule has 0 atom stereocenters. The number of anilines is 2. The zero-order valence-electron chi connectivity index (χ0n) is 13.7. The SMILES string of the molecule is O=C(O)c1cc(O)ccc1Nc1nc(O)c(/C=C2\C=Nc3ccccc32)s1. The van der Waals surface area contributed by atoms with E-state index in [0.29, 0.717) is 10.0 Å². The summed E-state index contributed by atoms with van der Waals surface area (Å²) in [5, 5.41) is 32.1. The summed E-state index contributed by atoms with van der Waals surface area (Å²) in [5.74, 6) is -1.50. The normalized spacial score (nSPS) is 13.7. The maximum absolute atomic E-state index is 11.3. The highest BCUT2D eigenvalue weighted by molar-refractivity contribution is 7.16. The Labute approximate surface area is 157 Å². The van der Waals surface area contributed by atoms with Gasteiger partial charge in [0.15, 0.2) is 5.13 Å². The molecule has 0 fully saturated rings. The van der Waals surface area contributed by atoms with Crippen molar-refractivity contribution in [1.82, 2.24) is 4.98 Å². The number of benzene rings is 2. The van der Waals surface area contributed by atoms with Gasteiger partial charge >= 0.3 is 5.97 Å². The molecule has 0 bridgehead atoms. The van der Waals surface area contributed by atoms with Crippen molar-refractivity contribution >= 4 is 51.7 Å². The second kappa shape index (κ2) is 6.58. The van der Waals surface area contributed by atoms with E-state index in [1.807, 2.05) is 24.3 Å². The standard InChI is InChI=1S/C19H13N3O4S/c23-11-5-6-15(13(8-11)18(25)26)21-19-22-17(24)16(27-19)7-10-9-20-14-4-2-1-3-12(10)14/h1-9,23-24H,(H,21,22)(H,25,26)/b10-7+. The molecule has 0 unspecified atom stereocenters. The van der Waals surface area contributed by atoms with E-state index in [1.54, 1.807) is 12.3 Å². The molecule has 2 aromatic carbocycles. The number of para-hydroxylation sites is 1. The van der Waals surface area contributed by atoms with E-state index in [4.69, 9.17) is 0 Å². The van der Waals surface area contributed by atoms with Crippen LogP contribution in [-0.4, -0.2) is 32.5 Å². The molecule has 0 amide bonds. The van der Waals surface area contributed by atoms with E-state index >= 15 is 0 Å². The molecule has 4 rings (SSSR count). The number of phenolic OH excluding ortho intramolecular Hbond substituents is 1. The van der Waals surface area contributed by atoms with Gasteiger partial charge in [0.05, 0.1) is 21.8 Å². The number of fused-ring (bicyclic) bond motifs is 1. The van der Waals surface area contributed by atoms with Crippen molar-refractivity contribution in [2.75, 3.05) is 5.32 Å². The minimum Gasteiger partial charge on any atom is -0.508 e. The quantitative estimate of drug-likeness (QED) is 0.504. The van der Waals surface area contributed by atoms with Crippen LogP contribution in [0.4, 0.5) is 16.5 Å². The number of hydrogen-bond acceptors (Lipinski definition) is 7. The fraction of sp³-hybridized carbons (Fsp3) is 0. The van der Waals surface area contributed by atoms with E-state index in [1.165, 1.54) is 23.5 Å². The Hall–Kier alpha value is -3.65. The van der Waals surface area contributed by atoms with Crippen molar-refractivity contribution in [3.63, 3.8) is 0 Å². The summed E-state index contributed by atoms with van der Waals surface area (Å²) in [4.78, 5) is 20.2. The van der Waals surface area contributed by atoms with Crippen LogP contribution in [0.1, 0.15) is 20.8 Å². The molecular formula is C19H13N3O4S. The van der Waals surface area contributed by atoms with Crippen LogP contribution in [-0.2, 0) is 0 Å². The zero-order valence-corrected chi connectivity index (χ0v) is 14.6. The van der Waals surface area contributed by atoms with E-state index < -0.39 is 5.97 Å². The third-order valence-corrected chi connectivity index (χ3v) is 4.86. The second-order valence-corrected chi connectivity index (χ2v) is 6.77. The number of aromatic nitrogens is 1. The molecule has 0 saturated heterocycles. The zero-order chi connectivity index (χ0) is 19.0. The third-order valence-electron chi connectivity index (χ3n) is 3.95. The average molecular weight is 379 g/mol. The Balaban J connectivity index is 1.65. The van der Waals surface area contributed by atoms with Gasteiger partial charge in [0, 0.05) is 17.4 Å². The number of aromatic hydroxyl groups is 2. The molecule has 134 valence electrons. The monoisotopic (exact) mass is 379 g/mol. The van der Waals surface area contributed by atoms with Crippen LogP contribution in [0, 0.1) is 0 Å². The fourth-order valence-corrected chi connectivity index (χ4v) is 3.52. The molecule has 1 aliphatic rings. The van der Waals surface area contributed by atoms with Crippen molar-refractivity contribution in [1.29, 1.82) is 0 Å². The van der Waals surface area contributed by atoms with Crippen molar-refractivity contribution in [3.05, 3.63) is 58.5 Å². The highest BCUT2D eigenvalue weighted by Gasteiger charge is 2.16. The van der Waals surface area contributed by atoms with Crippen molar-refractivity contribution in [3.8, 4) is 11.6 Å². The van der Waals surface area contributed by atoms with Gasteiger partial charge in [0.1, 0.15) is 5.75 Å². The van der Waals surface area contributed by atoms with Gasteiger partial charge in [-0.1, -0.05) is 29.5 Å². The number of rotatable bonds is 4. The number of thiazole rings is 1. The Morgan fingerprint density at radius 2 is 1.96 bits per heavy atom. The van der Waals surface area contributed by atoms with Gasteiger partial charge in [-0.15, -0.1) is 0 Å². The first-order chi connectivity index (χ1) is 13.0. The van der Waals surface area contributed by atoms with Crippen LogP contribution >= 0.6 is 11.3 Å². The molecule has 27 heavy (non-hydrogen) atoms. The summed E-state index contributed by atoms with van der Waals surface area (Å²) in [6, 6.07) is 11.6. The second-order valence-electron chi connectivity index (χ2n) is 5.74. The number of carboxylic acids is 1. The van der Waals surface area contributed by atoms with Crippen LogP contribution in [0.2, 0.25) is 0 Å². The predicted octanol–water partition coefficient (Wildman–Crippen LogP) is 4.25. The fourth-order valence-electron chi connectivity index (χ4n) is 2.70. The minimum absolute atomic E-state index is 0.0959. The molecule has 1 aliphatic heterocycles. The number of aliphatic imine (C=N–C) groups is 1. The Morgan fingerprint density at radius 3 is 2.78 bits per heavy atom. The Bertz CT molecular complexity index is 1120. The first-order valence-electron chi connectivity index (χ1n) is 7.89. The third kappa shape index (κ3) is 3.25. The lowest BCUT2D eigenvalue weighted by Gasteiger charge is -2.06. The highest BCUT2D eigenvalue weighted by Crippen LogP contribution is 2.37. The van der Waals surface area contributed by atoms with Crippen LogP contribution in [0.25, 0.3) is 11.6 Å². The number of aromatic carboxylic acids is 1. The molecule has 2 heterocycles. The smallest absolute Gasteiger partial charge is 0.337 e. The van der Waals surface area contributed by atoms with Gasteiger partial charge in [-0.05, 0) is 30.3 Å². The Kier molecular flexibility index (Phi) is 4.09. The lowest BCUT2D eigenvalue weighted by molar-refractivity contribution is 0.0697. The van der Waals surface area contributed by atoms with Gasteiger partial charge in [-0.3, -0.25) is 4.99 Å². The first-order valence-corrected chi connectivity index (χ1v) is 8.71. The summed E-state index contributed by atoms with van der Waals surface area (Å²) >= 11 is 1.17. The van der Waals surface area contributed by atoms with Crippen LogP contribution in [0.3, 0.4) is 0 Å². The average Bonchev–Trinajstić information content (AvgIpc) is 3.20. The molecular weight excluding hydrogens is 366 g/mol. The number of carboxylic acid groups (broad SMARTS) is 1. The van der Waals surface area contributed by atoms with E-state index in [2.05, 4.69) is 15.3 Å². The number of phenols is 1. The predicted molar refractivity (Wildman–Crippen MR) is 105 cm³/mol. The molecule has 8 heteroatoms. The van der Waals surface area contributed by atoms with Gasteiger partial charge < -0.3 is 20.6 Å². The van der Waals surface area contributed by atoms with Gasteiger partial charge in [0.2, 0.25) is 5.88 Å². The lowest BCUT2D eigenvalue weighted by atomic mass is 10.1. The summed E-state index contributed by atoms with van der Waals surface area (Å²) in [6.07, 6.45) is 3.50. The van der Waals surface area contributed by atoms with E-state index in [0.717, 1.165) is 22.9 Å². The van der Waals surface area contributed by atoms with E-state index in [-0.39, 0.29) is 22.9 Å². The van der Waals surface area contributed by atoms with Gasteiger partial charge in [-0.2, -0.15) is 4.98 Å². The summed E-state index contributed by atoms with van der Waals surface area (Å²) < 4.78 is 0. The maximum Gasteiger partial charge on any atom is 0.337 e.